The minimum Gasteiger partial charge on any atom is -0.452 e. The summed E-state index contributed by atoms with van der Waals surface area (Å²) in [5.41, 5.74) is 4.30. The van der Waals surface area contributed by atoms with Crippen molar-refractivity contribution in [3.05, 3.63) is 59.2 Å². The second-order valence-electron chi connectivity index (χ2n) is 7.93. The minimum absolute atomic E-state index is 0.174. The van der Waals surface area contributed by atoms with Crippen molar-refractivity contribution in [2.24, 2.45) is 5.92 Å². The van der Waals surface area contributed by atoms with Crippen molar-refractivity contribution in [3.63, 3.8) is 0 Å². The molecule has 0 heterocycles. The van der Waals surface area contributed by atoms with E-state index >= 15 is 0 Å². The summed E-state index contributed by atoms with van der Waals surface area (Å²) in [4.78, 5) is 24.9. The molecule has 0 spiro atoms. The van der Waals surface area contributed by atoms with Gasteiger partial charge in [0, 0.05) is 11.7 Å². The summed E-state index contributed by atoms with van der Waals surface area (Å²) in [7, 11) is 0. The van der Waals surface area contributed by atoms with Crippen LogP contribution in [0.5, 0.6) is 0 Å². The third-order valence-corrected chi connectivity index (χ3v) is 5.81. The van der Waals surface area contributed by atoms with Gasteiger partial charge in [0.15, 0.2) is 6.61 Å². The van der Waals surface area contributed by atoms with Crippen LogP contribution in [-0.4, -0.2) is 24.5 Å². The Morgan fingerprint density at radius 2 is 1.72 bits per heavy atom. The van der Waals surface area contributed by atoms with Crippen LogP contribution in [0.2, 0.25) is 0 Å². The second-order valence-corrected chi connectivity index (χ2v) is 7.93. The molecule has 2 aromatic rings. The van der Waals surface area contributed by atoms with E-state index in [1.165, 1.54) is 12.0 Å². The van der Waals surface area contributed by atoms with Crippen molar-refractivity contribution in [2.45, 2.75) is 52.5 Å². The average molecular weight is 395 g/mol. The Labute approximate surface area is 172 Å². The molecule has 5 heteroatoms. The van der Waals surface area contributed by atoms with E-state index in [-0.39, 0.29) is 18.6 Å². The second kappa shape index (κ2) is 9.59. The van der Waals surface area contributed by atoms with Gasteiger partial charge in [0.25, 0.3) is 5.91 Å². The average Bonchev–Trinajstić information content (AvgIpc) is 2.72. The van der Waals surface area contributed by atoms with E-state index in [1.807, 2.05) is 44.2 Å². The summed E-state index contributed by atoms with van der Waals surface area (Å²) in [6, 6.07) is 13.4. The lowest BCUT2D eigenvalue weighted by atomic mass is 9.86. The van der Waals surface area contributed by atoms with Crippen LogP contribution >= 0.6 is 0 Å². The molecule has 0 saturated heterocycles. The van der Waals surface area contributed by atoms with Crippen LogP contribution in [0.4, 0.5) is 11.4 Å². The topological polar surface area (TPSA) is 67.4 Å². The first kappa shape index (κ1) is 20.9. The van der Waals surface area contributed by atoms with Crippen LogP contribution in [0.3, 0.4) is 0 Å². The lowest BCUT2D eigenvalue weighted by Gasteiger charge is -2.29. The van der Waals surface area contributed by atoms with Crippen molar-refractivity contribution in [3.8, 4) is 0 Å². The number of benzene rings is 2. The normalized spacial score (nSPS) is 18.7. The molecule has 3 rings (SSSR count). The van der Waals surface area contributed by atoms with E-state index in [0.717, 1.165) is 30.5 Å². The number of para-hydroxylation sites is 1. The molecule has 0 aliphatic heterocycles. The van der Waals surface area contributed by atoms with Crippen LogP contribution in [0.15, 0.2) is 42.5 Å². The Hall–Kier alpha value is -2.82. The van der Waals surface area contributed by atoms with Crippen LogP contribution < -0.4 is 10.6 Å². The van der Waals surface area contributed by atoms with Crippen molar-refractivity contribution in [1.29, 1.82) is 0 Å². The number of amides is 1. The fourth-order valence-corrected chi connectivity index (χ4v) is 3.79. The molecule has 1 saturated carbocycles. The van der Waals surface area contributed by atoms with Gasteiger partial charge < -0.3 is 15.4 Å². The number of hydrogen-bond acceptors (Lipinski definition) is 4. The smallest absolute Gasteiger partial charge is 0.340 e. The first-order valence-electron chi connectivity index (χ1n) is 10.3. The Morgan fingerprint density at radius 1 is 1.00 bits per heavy atom. The molecule has 0 bridgehead atoms. The predicted octanol–water partition coefficient (Wildman–Crippen LogP) is 4.90. The molecule has 29 heavy (non-hydrogen) atoms. The maximum absolute atomic E-state index is 12.6. The zero-order chi connectivity index (χ0) is 20.8. The zero-order valence-corrected chi connectivity index (χ0v) is 17.5. The molecule has 2 atom stereocenters. The monoisotopic (exact) mass is 394 g/mol. The number of ether oxygens (including phenoxy) is 1. The van der Waals surface area contributed by atoms with Gasteiger partial charge in [-0.05, 0) is 61.9 Å². The van der Waals surface area contributed by atoms with Gasteiger partial charge in [0.2, 0.25) is 0 Å². The predicted molar refractivity (Wildman–Crippen MR) is 115 cm³/mol. The summed E-state index contributed by atoms with van der Waals surface area (Å²) in [6.45, 7) is 5.98. The Balaban J connectivity index is 1.62. The molecule has 2 N–H and O–H groups in total. The van der Waals surface area contributed by atoms with Gasteiger partial charge in [-0.25, -0.2) is 4.79 Å². The number of nitrogens with one attached hydrogen (secondary N) is 2. The van der Waals surface area contributed by atoms with Crippen molar-refractivity contribution >= 4 is 23.3 Å². The standard InChI is InChI=1S/C24H30N2O3/c1-16-10-8-14-21(18(16)3)25-22-13-7-5-11-19(22)24(28)29-15-23(27)26-20-12-6-4-9-17(20)2/h5,7-8,10-11,13-14,17,20,25H,4,6,9,12,15H2,1-3H3,(H,26,27)/t17-,20-/m0/s1. The first-order valence-corrected chi connectivity index (χ1v) is 10.3. The third kappa shape index (κ3) is 5.37. The number of esters is 1. The number of rotatable bonds is 6. The van der Waals surface area contributed by atoms with Crippen molar-refractivity contribution in [2.75, 3.05) is 11.9 Å². The molecule has 1 aliphatic rings. The van der Waals surface area contributed by atoms with E-state index in [1.54, 1.807) is 12.1 Å². The number of carbonyl (C=O) groups excluding carboxylic acids is 2. The van der Waals surface area contributed by atoms with Gasteiger partial charge in [-0.3, -0.25) is 4.79 Å². The highest BCUT2D eigenvalue weighted by atomic mass is 16.5. The van der Waals surface area contributed by atoms with Gasteiger partial charge in [0.05, 0.1) is 11.3 Å². The highest BCUT2D eigenvalue weighted by molar-refractivity contribution is 5.97. The van der Waals surface area contributed by atoms with Gasteiger partial charge in [-0.15, -0.1) is 0 Å². The number of anilines is 2. The molecule has 0 aromatic heterocycles. The highest BCUT2D eigenvalue weighted by Gasteiger charge is 2.23. The van der Waals surface area contributed by atoms with E-state index in [2.05, 4.69) is 17.6 Å². The van der Waals surface area contributed by atoms with Crippen LogP contribution in [-0.2, 0) is 9.53 Å². The maximum Gasteiger partial charge on any atom is 0.340 e. The Kier molecular flexibility index (Phi) is 6.91. The quantitative estimate of drug-likeness (QED) is 0.684. The molecule has 0 radical (unpaired) electrons. The maximum atomic E-state index is 12.6. The van der Waals surface area contributed by atoms with Crippen LogP contribution in [0.25, 0.3) is 0 Å². The van der Waals surface area contributed by atoms with E-state index in [0.29, 0.717) is 17.2 Å². The van der Waals surface area contributed by atoms with Crippen molar-refractivity contribution < 1.29 is 14.3 Å². The number of aryl methyl sites for hydroxylation is 1. The summed E-state index contributed by atoms with van der Waals surface area (Å²) in [5.74, 6) is -0.284. The third-order valence-electron chi connectivity index (χ3n) is 5.81. The fourth-order valence-electron chi connectivity index (χ4n) is 3.79. The molecular weight excluding hydrogens is 364 g/mol. The minimum atomic E-state index is -0.509. The molecule has 2 aromatic carbocycles. The van der Waals surface area contributed by atoms with Gasteiger partial charge >= 0.3 is 5.97 Å². The summed E-state index contributed by atoms with van der Waals surface area (Å²) >= 11 is 0. The highest BCUT2D eigenvalue weighted by Crippen LogP contribution is 2.26. The molecule has 5 nitrogen and oxygen atoms in total. The number of carbonyl (C=O) groups is 2. The van der Waals surface area contributed by atoms with E-state index in [4.69, 9.17) is 4.74 Å². The van der Waals surface area contributed by atoms with Gasteiger partial charge in [0.1, 0.15) is 0 Å². The summed E-state index contributed by atoms with van der Waals surface area (Å²) in [6.07, 6.45) is 4.46. The summed E-state index contributed by atoms with van der Waals surface area (Å²) in [5, 5.41) is 6.33. The summed E-state index contributed by atoms with van der Waals surface area (Å²) < 4.78 is 5.31. The fraction of sp³-hybridized carbons (Fsp3) is 0.417. The van der Waals surface area contributed by atoms with Crippen molar-refractivity contribution in [1.82, 2.24) is 5.32 Å². The molecular formula is C24H30N2O3. The number of hydrogen-bond donors (Lipinski definition) is 2. The molecule has 154 valence electrons. The van der Waals surface area contributed by atoms with Gasteiger partial charge in [-0.2, -0.15) is 0 Å². The Bertz CT molecular complexity index is 878. The van der Waals surface area contributed by atoms with Gasteiger partial charge in [-0.1, -0.05) is 44.0 Å². The zero-order valence-electron chi connectivity index (χ0n) is 17.5. The van der Waals surface area contributed by atoms with E-state index in [9.17, 15) is 9.59 Å². The molecule has 1 aliphatic carbocycles. The Morgan fingerprint density at radius 3 is 2.52 bits per heavy atom. The van der Waals surface area contributed by atoms with Crippen LogP contribution in [0, 0.1) is 19.8 Å². The molecule has 1 amide bonds. The molecule has 1 fully saturated rings. The SMILES string of the molecule is Cc1cccc(Nc2ccccc2C(=O)OCC(=O)N[C@H]2CCCC[C@@H]2C)c1C. The lowest BCUT2D eigenvalue weighted by molar-refractivity contribution is -0.125. The van der Waals surface area contributed by atoms with Crippen LogP contribution in [0.1, 0.15) is 54.1 Å². The van der Waals surface area contributed by atoms with E-state index < -0.39 is 5.97 Å². The largest absolute Gasteiger partial charge is 0.452 e. The molecule has 0 unspecified atom stereocenters. The lowest BCUT2D eigenvalue weighted by Crippen LogP contribution is -2.42. The first-order chi connectivity index (χ1) is 14.0.